The third-order valence-corrected chi connectivity index (χ3v) is 5.69. The minimum Gasteiger partial charge on any atom is -0.399 e. The number of likely N-dealkylation sites (N-methyl/N-ethyl adjacent to an activating group) is 1. The van der Waals surface area contributed by atoms with Gasteiger partial charge in [-0.2, -0.15) is 5.26 Å². The summed E-state index contributed by atoms with van der Waals surface area (Å²) in [5, 5.41) is 9.18. The highest BCUT2D eigenvalue weighted by Crippen LogP contribution is 2.27. The monoisotopic (exact) mass is 521 g/mol. The molecule has 0 saturated carbocycles. The Morgan fingerprint density at radius 2 is 2.03 bits per heavy atom. The highest BCUT2D eigenvalue weighted by molar-refractivity contribution is 9.10. The van der Waals surface area contributed by atoms with Gasteiger partial charge in [0.25, 0.3) is 0 Å². The Labute approximate surface area is 206 Å². The molecule has 0 saturated heterocycles. The lowest BCUT2D eigenvalue weighted by Crippen LogP contribution is -2.27. The summed E-state index contributed by atoms with van der Waals surface area (Å²) in [7, 11) is 1.81. The summed E-state index contributed by atoms with van der Waals surface area (Å²) < 4.78 is 15.7. The average Bonchev–Trinajstić information content (AvgIpc) is 2.81. The second-order valence-corrected chi connectivity index (χ2v) is 8.58. The Kier molecular flexibility index (Phi) is 8.22. The molecule has 3 aromatic rings. The van der Waals surface area contributed by atoms with Crippen molar-refractivity contribution >= 4 is 33.6 Å². The number of anilines is 1. The molecule has 0 radical (unpaired) electrons. The van der Waals surface area contributed by atoms with Crippen LogP contribution in [0.3, 0.4) is 0 Å². The lowest BCUT2D eigenvalue weighted by molar-refractivity contribution is 0.581. The summed E-state index contributed by atoms with van der Waals surface area (Å²) in [6, 6.07) is 14.7. The number of aromatic nitrogens is 1. The van der Waals surface area contributed by atoms with E-state index in [2.05, 4.69) is 25.9 Å². The van der Waals surface area contributed by atoms with Crippen LogP contribution in [-0.4, -0.2) is 29.5 Å². The molecule has 0 aliphatic rings. The molecule has 34 heavy (non-hydrogen) atoms. The Hall–Kier alpha value is -3.90. The first-order chi connectivity index (χ1) is 16.3. The van der Waals surface area contributed by atoms with E-state index in [1.807, 2.05) is 56.4 Å². The number of nitriles is 1. The van der Waals surface area contributed by atoms with Crippen LogP contribution in [0.2, 0.25) is 0 Å². The highest BCUT2D eigenvalue weighted by atomic mass is 79.9. The summed E-state index contributed by atoms with van der Waals surface area (Å²) in [4.78, 5) is 10.4. The maximum Gasteiger partial charge on any atom is 0.157 e. The van der Waals surface area contributed by atoms with Gasteiger partial charge in [0, 0.05) is 31.7 Å². The van der Waals surface area contributed by atoms with Gasteiger partial charge in [0.05, 0.1) is 16.5 Å². The van der Waals surface area contributed by atoms with Gasteiger partial charge in [-0.05, 0) is 88.4 Å². The van der Waals surface area contributed by atoms with Crippen LogP contribution in [0.25, 0.3) is 0 Å². The number of benzene rings is 2. The molecule has 1 heterocycles. The van der Waals surface area contributed by atoms with Crippen LogP contribution in [0, 0.1) is 24.1 Å². The number of nitrogens with two attached hydrogens (primary N) is 2. The van der Waals surface area contributed by atoms with Crippen molar-refractivity contribution in [3.8, 4) is 6.07 Å². The van der Waals surface area contributed by atoms with Gasteiger partial charge in [0.2, 0.25) is 0 Å². The summed E-state index contributed by atoms with van der Waals surface area (Å²) >= 11 is 3.07. The maximum absolute atomic E-state index is 14.0. The van der Waals surface area contributed by atoms with Crippen molar-refractivity contribution in [3.63, 3.8) is 0 Å². The first-order valence-electron chi connectivity index (χ1n) is 10.4. The molecule has 174 valence electrons. The zero-order chi connectivity index (χ0) is 24.7. The number of hydrogen-bond donors (Lipinski definition) is 2. The third-order valence-electron chi connectivity index (χ3n) is 5.07. The molecule has 0 aliphatic carbocycles. The van der Waals surface area contributed by atoms with Crippen molar-refractivity contribution in [1.82, 2.24) is 9.58 Å². The fraction of sp³-hybridized carbons (Fsp3) is 0.160. The van der Waals surface area contributed by atoms with E-state index < -0.39 is 5.82 Å². The van der Waals surface area contributed by atoms with E-state index >= 15 is 0 Å². The minimum absolute atomic E-state index is 0.105. The van der Waals surface area contributed by atoms with Gasteiger partial charge < -0.3 is 16.5 Å². The molecule has 0 amide bonds. The molecular formula is C25H25BrFN7. The predicted molar refractivity (Wildman–Crippen MR) is 137 cm³/mol. The van der Waals surface area contributed by atoms with Gasteiger partial charge in [0.15, 0.2) is 11.3 Å². The van der Waals surface area contributed by atoms with Crippen LogP contribution >= 0.6 is 15.9 Å². The predicted octanol–water partition coefficient (Wildman–Crippen LogP) is 4.16. The number of pyridine rings is 1. The highest BCUT2D eigenvalue weighted by Gasteiger charge is 2.10. The number of aliphatic imine (C=N–C) groups is 1. The summed E-state index contributed by atoms with van der Waals surface area (Å²) in [5.41, 5.74) is 10.8. The molecule has 4 N–H and O–H groups in total. The topological polar surface area (TPSA) is 109 Å². The standard InChI is InChI=1S/C25H25BrFN7/c1-17-12-20(29)5-4-19(17)13-18-8-11-34(30)24(14-18)31-9-3-10-33(2)16-32-23-7-6-22(26)25(27)21(23)15-28/h3-9,11-12,14,16H,10,13,29-30H2,1-2H3/b9-3-,31-24?,32-16?. The first kappa shape index (κ1) is 24.7. The van der Waals surface area contributed by atoms with Crippen molar-refractivity contribution in [1.29, 1.82) is 5.26 Å². The molecule has 0 fully saturated rings. The second kappa shape index (κ2) is 11.3. The zero-order valence-electron chi connectivity index (χ0n) is 18.9. The van der Waals surface area contributed by atoms with E-state index in [4.69, 9.17) is 11.6 Å². The average molecular weight is 522 g/mol. The normalized spacial score (nSPS) is 11.9. The van der Waals surface area contributed by atoms with Crippen LogP contribution in [0.4, 0.5) is 15.8 Å². The number of nitrogen functional groups attached to an aromatic ring is 2. The van der Waals surface area contributed by atoms with Gasteiger partial charge in [0.1, 0.15) is 11.6 Å². The van der Waals surface area contributed by atoms with Crippen molar-refractivity contribution in [3.05, 3.63) is 99.0 Å². The Morgan fingerprint density at radius 3 is 2.76 bits per heavy atom. The minimum atomic E-state index is -0.623. The third kappa shape index (κ3) is 6.33. The van der Waals surface area contributed by atoms with Gasteiger partial charge in [-0.15, -0.1) is 0 Å². The largest absolute Gasteiger partial charge is 0.399 e. The fourth-order valence-corrected chi connectivity index (χ4v) is 3.53. The summed E-state index contributed by atoms with van der Waals surface area (Å²) in [6.45, 7) is 2.54. The molecular weight excluding hydrogens is 497 g/mol. The number of hydrogen-bond acceptors (Lipinski definition) is 5. The van der Waals surface area contributed by atoms with Crippen molar-refractivity contribution in [2.24, 2.45) is 9.98 Å². The molecule has 2 aromatic carbocycles. The number of aryl methyl sites for hydroxylation is 1. The zero-order valence-corrected chi connectivity index (χ0v) is 20.5. The van der Waals surface area contributed by atoms with Gasteiger partial charge in [-0.25, -0.2) is 14.4 Å². The molecule has 1 aromatic heterocycles. The van der Waals surface area contributed by atoms with Crippen LogP contribution in [0.15, 0.2) is 75.4 Å². The van der Waals surface area contributed by atoms with Gasteiger partial charge in [-0.1, -0.05) is 6.07 Å². The molecule has 0 spiro atoms. The number of nitrogens with zero attached hydrogens (tertiary/aromatic N) is 5. The lowest BCUT2D eigenvalue weighted by atomic mass is 10.0. The van der Waals surface area contributed by atoms with Crippen molar-refractivity contribution in [2.75, 3.05) is 25.2 Å². The van der Waals surface area contributed by atoms with Gasteiger partial charge in [-0.3, -0.25) is 4.68 Å². The van der Waals surface area contributed by atoms with E-state index in [1.54, 1.807) is 23.4 Å². The summed E-state index contributed by atoms with van der Waals surface area (Å²) in [5.74, 6) is 5.39. The van der Waals surface area contributed by atoms with Crippen LogP contribution in [0.1, 0.15) is 22.3 Å². The maximum atomic E-state index is 14.0. The van der Waals surface area contributed by atoms with E-state index in [9.17, 15) is 9.65 Å². The molecule has 3 rings (SSSR count). The molecule has 0 atom stereocenters. The molecule has 9 heteroatoms. The van der Waals surface area contributed by atoms with Crippen molar-refractivity contribution in [2.45, 2.75) is 13.3 Å². The quantitative estimate of drug-likeness (QED) is 0.210. The lowest BCUT2D eigenvalue weighted by Gasteiger charge is -2.10. The molecule has 0 aliphatic heterocycles. The van der Waals surface area contributed by atoms with Gasteiger partial charge >= 0.3 is 0 Å². The van der Waals surface area contributed by atoms with E-state index in [0.29, 0.717) is 12.0 Å². The second-order valence-electron chi connectivity index (χ2n) is 7.73. The van der Waals surface area contributed by atoms with Crippen molar-refractivity contribution < 1.29 is 4.39 Å². The van der Waals surface area contributed by atoms with E-state index in [-0.39, 0.29) is 15.7 Å². The van der Waals surface area contributed by atoms with Crippen LogP contribution in [0.5, 0.6) is 0 Å². The Bertz CT molecular complexity index is 1350. The van der Waals surface area contributed by atoms with Crippen LogP contribution in [-0.2, 0) is 6.42 Å². The molecule has 0 bridgehead atoms. The fourth-order valence-electron chi connectivity index (χ4n) is 3.20. The smallest absolute Gasteiger partial charge is 0.157 e. The SMILES string of the molecule is Cc1cc(N)ccc1Cc1ccn(N)c(=N/C=C\CN(C)C=Nc2ccc(Br)c(F)c2C#N)c1. The Balaban J connectivity index is 1.67. The summed E-state index contributed by atoms with van der Waals surface area (Å²) in [6.07, 6.45) is 7.57. The number of rotatable bonds is 7. The van der Waals surface area contributed by atoms with E-state index in [1.165, 1.54) is 22.6 Å². The first-order valence-corrected chi connectivity index (χ1v) is 11.2. The van der Waals surface area contributed by atoms with E-state index in [0.717, 1.165) is 23.2 Å². The number of halogens is 2. The molecule has 0 unspecified atom stereocenters. The van der Waals surface area contributed by atoms with Crippen LogP contribution < -0.4 is 17.1 Å². The Morgan fingerprint density at radius 1 is 1.24 bits per heavy atom. The molecule has 7 nitrogen and oxygen atoms in total.